The highest BCUT2D eigenvalue weighted by Crippen LogP contribution is 2.44. The second-order valence-electron chi connectivity index (χ2n) is 5.35. The minimum atomic E-state index is 0.611. The van der Waals surface area contributed by atoms with Crippen molar-refractivity contribution in [3.05, 3.63) is 0 Å². The van der Waals surface area contributed by atoms with E-state index in [9.17, 15) is 0 Å². The van der Waals surface area contributed by atoms with Gasteiger partial charge < -0.3 is 0 Å². The molecule has 72 valence electrons. The summed E-state index contributed by atoms with van der Waals surface area (Å²) in [6.07, 6.45) is 7.18. The summed E-state index contributed by atoms with van der Waals surface area (Å²) < 4.78 is 0. The van der Waals surface area contributed by atoms with E-state index in [2.05, 4.69) is 27.7 Å². The van der Waals surface area contributed by atoms with Crippen LogP contribution in [-0.2, 0) is 0 Å². The zero-order valence-electron chi connectivity index (χ0n) is 9.19. The Bertz CT molecular complexity index is 135. The van der Waals surface area contributed by atoms with Gasteiger partial charge in [0.25, 0.3) is 0 Å². The molecule has 2 unspecified atom stereocenters. The summed E-state index contributed by atoms with van der Waals surface area (Å²) in [7, 11) is 0. The summed E-state index contributed by atoms with van der Waals surface area (Å²) in [5, 5.41) is 0. The lowest BCUT2D eigenvalue weighted by atomic mass is 9.74. The lowest BCUT2D eigenvalue weighted by molar-refractivity contribution is 0.193. The third kappa shape index (κ3) is 2.24. The van der Waals surface area contributed by atoms with E-state index < -0.39 is 0 Å². The van der Waals surface area contributed by atoms with E-state index in [0.29, 0.717) is 5.41 Å². The fraction of sp³-hybridized carbons (Fsp3) is 1.00. The monoisotopic (exact) mass is 168 g/mol. The van der Waals surface area contributed by atoms with Crippen molar-refractivity contribution in [2.75, 3.05) is 0 Å². The molecular formula is C12H24. The maximum Gasteiger partial charge on any atom is -0.0326 e. The van der Waals surface area contributed by atoms with Crippen molar-refractivity contribution in [1.82, 2.24) is 0 Å². The van der Waals surface area contributed by atoms with Crippen molar-refractivity contribution in [3.63, 3.8) is 0 Å². The maximum atomic E-state index is 2.46. The molecule has 1 aliphatic rings. The van der Waals surface area contributed by atoms with Crippen LogP contribution < -0.4 is 0 Å². The molecule has 12 heavy (non-hydrogen) atoms. The summed E-state index contributed by atoms with van der Waals surface area (Å²) in [6, 6.07) is 0. The Balaban J connectivity index is 2.45. The number of rotatable bonds is 3. The van der Waals surface area contributed by atoms with Crippen LogP contribution >= 0.6 is 0 Å². The zero-order chi connectivity index (χ0) is 9.19. The van der Waals surface area contributed by atoms with Gasteiger partial charge >= 0.3 is 0 Å². The predicted molar refractivity (Wildman–Crippen MR) is 55.2 cm³/mol. The van der Waals surface area contributed by atoms with E-state index in [4.69, 9.17) is 0 Å². The summed E-state index contributed by atoms with van der Waals surface area (Å²) in [6.45, 7) is 9.63. The summed E-state index contributed by atoms with van der Waals surface area (Å²) >= 11 is 0. The van der Waals surface area contributed by atoms with E-state index in [1.807, 2.05) is 0 Å². The van der Waals surface area contributed by atoms with Crippen molar-refractivity contribution in [2.24, 2.45) is 17.3 Å². The molecule has 0 aromatic carbocycles. The molecule has 0 heteroatoms. The molecule has 0 saturated heterocycles. The van der Waals surface area contributed by atoms with Crippen LogP contribution in [0.5, 0.6) is 0 Å². The Hall–Kier alpha value is 0. The average molecular weight is 168 g/mol. The van der Waals surface area contributed by atoms with Gasteiger partial charge in [-0.15, -0.1) is 0 Å². The van der Waals surface area contributed by atoms with Crippen LogP contribution in [0, 0.1) is 17.3 Å². The highest BCUT2D eigenvalue weighted by molar-refractivity contribution is 4.84. The first kappa shape index (κ1) is 10.1. The highest BCUT2D eigenvalue weighted by Gasteiger charge is 2.33. The van der Waals surface area contributed by atoms with Crippen LogP contribution in [-0.4, -0.2) is 0 Å². The van der Waals surface area contributed by atoms with Crippen LogP contribution in [0.2, 0.25) is 0 Å². The Kier molecular flexibility index (Phi) is 3.20. The molecule has 0 nitrogen and oxygen atoms in total. The molecular weight excluding hydrogens is 144 g/mol. The van der Waals surface area contributed by atoms with Crippen molar-refractivity contribution in [3.8, 4) is 0 Å². The minimum absolute atomic E-state index is 0.611. The molecule has 0 amide bonds. The predicted octanol–water partition coefficient (Wildman–Crippen LogP) is 4.25. The molecule has 0 radical (unpaired) electrons. The third-order valence-electron chi connectivity index (χ3n) is 3.69. The van der Waals surface area contributed by atoms with Crippen LogP contribution in [0.25, 0.3) is 0 Å². The van der Waals surface area contributed by atoms with Gasteiger partial charge in [-0.05, 0) is 36.5 Å². The van der Waals surface area contributed by atoms with Crippen molar-refractivity contribution in [2.45, 2.75) is 59.8 Å². The molecule has 1 rings (SSSR count). The van der Waals surface area contributed by atoms with Gasteiger partial charge in [0.1, 0.15) is 0 Å². The van der Waals surface area contributed by atoms with Crippen molar-refractivity contribution in [1.29, 1.82) is 0 Å². The molecule has 0 bridgehead atoms. The fourth-order valence-corrected chi connectivity index (χ4v) is 2.77. The van der Waals surface area contributed by atoms with Crippen LogP contribution in [0.15, 0.2) is 0 Å². The molecule has 0 spiro atoms. The van der Waals surface area contributed by atoms with Gasteiger partial charge in [0.15, 0.2) is 0 Å². The van der Waals surface area contributed by atoms with E-state index in [-0.39, 0.29) is 0 Å². The minimum Gasteiger partial charge on any atom is -0.0654 e. The lowest BCUT2D eigenvalue weighted by Gasteiger charge is -2.31. The normalized spacial score (nSPS) is 31.0. The lowest BCUT2D eigenvalue weighted by Crippen LogP contribution is -2.21. The van der Waals surface area contributed by atoms with Crippen LogP contribution in [0.1, 0.15) is 59.8 Å². The fourth-order valence-electron chi connectivity index (χ4n) is 2.77. The van der Waals surface area contributed by atoms with E-state index >= 15 is 0 Å². The van der Waals surface area contributed by atoms with Gasteiger partial charge in [-0.3, -0.25) is 0 Å². The average Bonchev–Trinajstić information content (AvgIpc) is 2.36. The smallest absolute Gasteiger partial charge is 0.0326 e. The Morgan fingerprint density at radius 2 is 1.92 bits per heavy atom. The molecule has 2 atom stereocenters. The topological polar surface area (TPSA) is 0 Å². The van der Waals surface area contributed by atoms with E-state index in [0.717, 1.165) is 11.8 Å². The Labute approximate surface area is 77.7 Å². The summed E-state index contributed by atoms with van der Waals surface area (Å²) in [5.41, 5.74) is 0.611. The molecule has 0 aromatic heterocycles. The third-order valence-corrected chi connectivity index (χ3v) is 3.69. The van der Waals surface area contributed by atoms with Crippen LogP contribution in [0.4, 0.5) is 0 Å². The summed E-state index contributed by atoms with van der Waals surface area (Å²) in [5.74, 6) is 2.00. The SMILES string of the molecule is CCCC(C)(C)C1CCC(C)C1. The standard InChI is InChI=1S/C12H24/c1-5-8-12(3,4)11-7-6-10(2)9-11/h10-11H,5-9H2,1-4H3. The van der Waals surface area contributed by atoms with E-state index in [1.54, 1.807) is 0 Å². The van der Waals surface area contributed by atoms with Gasteiger partial charge in [-0.2, -0.15) is 0 Å². The van der Waals surface area contributed by atoms with Gasteiger partial charge in [0, 0.05) is 0 Å². The van der Waals surface area contributed by atoms with E-state index in [1.165, 1.54) is 32.1 Å². The molecule has 0 aliphatic heterocycles. The second kappa shape index (κ2) is 3.81. The molecule has 0 heterocycles. The van der Waals surface area contributed by atoms with Gasteiger partial charge in [0.05, 0.1) is 0 Å². The van der Waals surface area contributed by atoms with Gasteiger partial charge in [-0.25, -0.2) is 0 Å². The van der Waals surface area contributed by atoms with Crippen molar-refractivity contribution >= 4 is 0 Å². The first-order valence-corrected chi connectivity index (χ1v) is 5.56. The van der Waals surface area contributed by atoms with Crippen molar-refractivity contribution < 1.29 is 0 Å². The molecule has 1 aliphatic carbocycles. The quantitative estimate of drug-likeness (QED) is 0.591. The molecule has 0 N–H and O–H groups in total. The molecule has 1 saturated carbocycles. The first-order valence-electron chi connectivity index (χ1n) is 5.56. The van der Waals surface area contributed by atoms with Crippen LogP contribution in [0.3, 0.4) is 0 Å². The van der Waals surface area contributed by atoms with Gasteiger partial charge in [0.2, 0.25) is 0 Å². The second-order valence-corrected chi connectivity index (χ2v) is 5.35. The first-order chi connectivity index (χ1) is 5.56. The number of hydrogen-bond acceptors (Lipinski definition) is 0. The van der Waals surface area contributed by atoms with Gasteiger partial charge in [-0.1, -0.05) is 40.5 Å². The largest absolute Gasteiger partial charge is 0.0654 e. The number of hydrogen-bond donors (Lipinski definition) is 0. The summed E-state index contributed by atoms with van der Waals surface area (Å²) in [4.78, 5) is 0. The maximum absolute atomic E-state index is 2.46. The molecule has 0 aromatic rings. The Morgan fingerprint density at radius 1 is 1.25 bits per heavy atom. The molecule has 1 fully saturated rings. The zero-order valence-corrected chi connectivity index (χ0v) is 9.19. The Morgan fingerprint density at radius 3 is 2.33 bits per heavy atom. The highest BCUT2D eigenvalue weighted by atomic mass is 14.4.